The van der Waals surface area contributed by atoms with E-state index in [1.54, 1.807) is 18.2 Å². The van der Waals surface area contributed by atoms with Crippen LogP contribution in [0.2, 0.25) is 0 Å². The van der Waals surface area contributed by atoms with E-state index in [9.17, 15) is 4.79 Å². The zero-order valence-electron chi connectivity index (χ0n) is 11.7. The van der Waals surface area contributed by atoms with Crippen molar-refractivity contribution in [2.75, 3.05) is 0 Å². The van der Waals surface area contributed by atoms with Gasteiger partial charge in [-0.15, -0.1) is 5.10 Å². The minimum atomic E-state index is -0.953. The molecule has 3 rings (SSSR count). The Kier molecular flexibility index (Phi) is 3.39. The topological polar surface area (TPSA) is 68.0 Å². The SMILES string of the molecule is Cc1cccc(CCn2nnc3cc(C(=O)O)ccc32)c1. The summed E-state index contributed by atoms with van der Waals surface area (Å²) in [5, 5.41) is 17.1. The van der Waals surface area contributed by atoms with Gasteiger partial charge in [-0.05, 0) is 37.1 Å². The molecule has 0 saturated carbocycles. The molecule has 0 amide bonds. The third kappa shape index (κ3) is 2.76. The van der Waals surface area contributed by atoms with Crippen molar-refractivity contribution in [2.45, 2.75) is 19.9 Å². The van der Waals surface area contributed by atoms with Crippen molar-refractivity contribution in [2.24, 2.45) is 0 Å². The van der Waals surface area contributed by atoms with Crippen molar-refractivity contribution in [3.05, 3.63) is 59.2 Å². The van der Waals surface area contributed by atoms with Gasteiger partial charge in [0, 0.05) is 6.54 Å². The first-order valence-corrected chi connectivity index (χ1v) is 6.75. The van der Waals surface area contributed by atoms with Crippen LogP contribution in [0.3, 0.4) is 0 Å². The molecule has 0 unspecified atom stereocenters. The van der Waals surface area contributed by atoms with Crippen LogP contribution in [0.1, 0.15) is 21.5 Å². The Morgan fingerprint density at radius 2 is 2.10 bits per heavy atom. The summed E-state index contributed by atoms with van der Waals surface area (Å²) in [6.45, 7) is 2.79. The van der Waals surface area contributed by atoms with Gasteiger partial charge < -0.3 is 5.11 Å². The van der Waals surface area contributed by atoms with Gasteiger partial charge in [-0.3, -0.25) is 0 Å². The summed E-state index contributed by atoms with van der Waals surface area (Å²) in [6, 6.07) is 13.3. The fraction of sp³-hybridized carbons (Fsp3) is 0.188. The van der Waals surface area contributed by atoms with E-state index in [1.807, 2.05) is 10.7 Å². The van der Waals surface area contributed by atoms with E-state index in [4.69, 9.17) is 5.11 Å². The second kappa shape index (κ2) is 5.36. The van der Waals surface area contributed by atoms with Gasteiger partial charge in [0.2, 0.25) is 0 Å². The molecule has 1 aromatic heterocycles. The number of aromatic carboxylic acids is 1. The van der Waals surface area contributed by atoms with E-state index in [0.29, 0.717) is 12.1 Å². The number of aromatic nitrogens is 3. The summed E-state index contributed by atoms with van der Waals surface area (Å²) in [6.07, 6.45) is 0.862. The summed E-state index contributed by atoms with van der Waals surface area (Å²) >= 11 is 0. The Hall–Kier alpha value is -2.69. The molecule has 1 N–H and O–H groups in total. The van der Waals surface area contributed by atoms with Crippen molar-refractivity contribution < 1.29 is 9.90 Å². The molecule has 0 bridgehead atoms. The summed E-state index contributed by atoms with van der Waals surface area (Å²) in [4.78, 5) is 10.9. The van der Waals surface area contributed by atoms with Crippen LogP contribution in [0.5, 0.6) is 0 Å². The number of carbonyl (C=O) groups is 1. The smallest absolute Gasteiger partial charge is 0.335 e. The van der Waals surface area contributed by atoms with Gasteiger partial charge in [-0.2, -0.15) is 0 Å². The number of rotatable bonds is 4. The third-order valence-corrected chi connectivity index (χ3v) is 3.46. The van der Waals surface area contributed by atoms with Gasteiger partial charge in [0.1, 0.15) is 5.52 Å². The Bertz CT molecular complexity index is 808. The van der Waals surface area contributed by atoms with Gasteiger partial charge in [0.15, 0.2) is 0 Å². The van der Waals surface area contributed by atoms with Crippen LogP contribution < -0.4 is 0 Å². The summed E-state index contributed by atoms with van der Waals surface area (Å²) < 4.78 is 1.81. The van der Waals surface area contributed by atoms with E-state index in [2.05, 4.69) is 35.4 Å². The summed E-state index contributed by atoms with van der Waals surface area (Å²) in [7, 11) is 0. The highest BCUT2D eigenvalue weighted by Gasteiger charge is 2.09. The zero-order chi connectivity index (χ0) is 14.8. The maximum atomic E-state index is 10.9. The summed E-state index contributed by atoms with van der Waals surface area (Å²) in [5.74, 6) is -0.953. The molecular formula is C16H15N3O2. The van der Waals surface area contributed by atoms with E-state index in [0.717, 1.165) is 11.9 Å². The van der Waals surface area contributed by atoms with Crippen LogP contribution >= 0.6 is 0 Å². The van der Waals surface area contributed by atoms with Crippen molar-refractivity contribution in [1.82, 2.24) is 15.0 Å². The molecule has 0 saturated heterocycles. The average Bonchev–Trinajstić information content (AvgIpc) is 2.87. The number of fused-ring (bicyclic) bond motifs is 1. The number of carboxylic acids is 1. The zero-order valence-corrected chi connectivity index (χ0v) is 11.7. The van der Waals surface area contributed by atoms with Crippen molar-refractivity contribution in [3.63, 3.8) is 0 Å². The third-order valence-electron chi connectivity index (χ3n) is 3.46. The Labute approximate surface area is 121 Å². The minimum absolute atomic E-state index is 0.230. The average molecular weight is 281 g/mol. The fourth-order valence-corrected chi connectivity index (χ4v) is 2.37. The van der Waals surface area contributed by atoms with Gasteiger partial charge >= 0.3 is 5.97 Å². The fourth-order valence-electron chi connectivity index (χ4n) is 2.37. The lowest BCUT2D eigenvalue weighted by Gasteiger charge is -2.04. The van der Waals surface area contributed by atoms with Crippen LogP contribution in [0.25, 0.3) is 11.0 Å². The lowest BCUT2D eigenvalue weighted by atomic mass is 10.1. The molecule has 106 valence electrons. The van der Waals surface area contributed by atoms with Crippen molar-refractivity contribution in [1.29, 1.82) is 0 Å². The van der Waals surface area contributed by atoms with Gasteiger partial charge in [-0.25, -0.2) is 9.48 Å². The van der Waals surface area contributed by atoms with Crippen LogP contribution in [0, 0.1) is 6.92 Å². The molecule has 0 atom stereocenters. The molecule has 0 fully saturated rings. The lowest BCUT2D eigenvalue weighted by Crippen LogP contribution is -2.03. The second-order valence-electron chi connectivity index (χ2n) is 5.06. The highest BCUT2D eigenvalue weighted by Crippen LogP contribution is 2.14. The van der Waals surface area contributed by atoms with Gasteiger partial charge in [0.25, 0.3) is 0 Å². The minimum Gasteiger partial charge on any atom is -0.478 e. The molecule has 0 aliphatic rings. The largest absolute Gasteiger partial charge is 0.478 e. The normalized spacial score (nSPS) is 10.9. The molecule has 0 aliphatic carbocycles. The maximum absolute atomic E-state index is 10.9. The monoisotopic (exact) mass is 281 g/mol. The van der Waals surface area contributed by atoms with E-state index in [-0.39, 0.29) is 5.56 Å². The van der Waals surface area contributed by atoms with Crippen LogP contribution in [-0.2, 0) is 13.0 Å². The molecular weight excluding hydrogens is 266 g/mol. The van der Waals surface area contributed by atoms with E-state index < -0.39 is 5.97 Å². The molecule has 0 spiro atoms. The second-order valence-corrected chi connectivity index (χ2v) is 5.06. The lowest BCUT2D eigenvalue weighted by molar-refractivity contribution is 0.0697. The van der Waals surface area contributed by atoms with Gasteiger partial charge in [-0.1, -0.05) is 35.0 Å². The first-order chi connectivity index (χ1) is 10.1. The standard InChI is InChI=1S/C16H15N3O2/c1-11-3-2-4-12(9-11)7-8-19-15-6-5-13(16(20)21)10-14(15)17-18-19/h2-6,9-10H,7-8H2,1H3,(H,20,21). The van der Waals surface area contributed by atoms with E-state index in [1.165, 1.54) is 11.1 Å². The summed E-state index contributed by atoms with van der Waals surface area (Å²) in [5.41, 5.74) is 4.18. The van der Waals surface area contributed by atoms with Crippen LogP contribution in [0.15, 0.2) is 42.5 Å². The number of nitrogens with zero attached hydrogens (tertiary/aromatic N) is 3. The molecule has 0 radical (unpaired) electrons. The highest BCUT2D eigenvalue weighted by atomic mass is 16.4. The predicted octanol–water partition coefficient (Wildman–Crippen LogP) is 2.68. The molecule has 5 heteroatoms. The molecule has 21 heavy (non-hydrogen) atoms. The molecule has 2 aromatic carbocycles. The van der Waals surface area contributed by atoms with Crippen molar-refractivity contribution >= 4 is 17.0 Å². The van der Waals surface area contributed by atoms with E-state index >= 15 is 0 Å². The number of hydrogen-bond acceptors (Lipinski definition) is 3. The molecule has 0 aliphatic heterocycles. The Morgan fingerprint density at radius 1 is 1.24 bits per heavy atom. The number of aryl methyl sites for hydroxylation is 3. The Morgan fingerprint density at radius 3 is 2.86 bits per heavy atom. The highest BCUT2D eigenvalue weighted by molar-refractivity contribution is 5.92. The molecule has 5 nitrogen and oxygen atoms in total. The number of carboxylic acid groups (broad SMARTS) is 1. The quantitative estimate of drug-likeness (QED) is 0.798. The molecule has 3 aromatic rings. The van der Waals surface area contributed by atoms with Gasteiger partial charge in [0.05, 0.1) is 11.1 Å². The predicted molar refractivity (Wildman–Crippen MR) is 79.4 cm³/mol. The first-order valence-electron chi connectivity index (χ1n) is 6.75. The first kappa shape index (κ1) is 13.3. The van der Waals surface area contributed by atoms with Crippen LogP contribution in [-0.4, -0.2) is 26.1 Å². The Balaban J connectivity index is 1.83. The van der Waals surface area contributed by atoms with Crippen LogP contribution in [0.4, 0.5) is 0 Å². The maximum Gasteiger partial charge on any atom is 0.335 e. The number of hydrogen-bond donors (Lipinski definition) is 1. The number of benzene rings is 2. The molecule has 1 heterocycles. The van der Waals surface area contributed by atoms with Crippen molar-refractivity contribution in [3.8, 4) is 0 Å².